The van der Waals surface area contributed by atoms with Crippen LogP contribution in [0.1, 0.15) is 15.9 Å². The molecule has 2 aromatic rings. The van der Waals surface area contributed by atoms with E-state index in [4.69, 9.17) is 11.5 Å². The van der Waals surface area contributed by atoms with Crippen molar-refractivity contribution >= 4 is 21.4 Å². The Morgan fingerprint density at radius 1 is 1.15 bits per heavy atom. The van der Waals surface area contributed by atoms with Gasteiger partial charge in [0.15, 0.2) is 9.84 Å². The molecule has 1 aromatic heterocycles. The number of benzene rings is 1. The number of nitrogen functional groups attached to an aromatic ring is 1. The third kappa shape index (κ3) is 2.94. The Hall–Kier alpha value is -2.41. The van der Waals surface area contributed by atoms with Gasteiger partial charge in [0.25, 0.3) is 0 Å². The molecule has 20 heavy (non-hydrogen) atoms. The highest BCUT2D eigenvalue weighted by molar-refractivity contribution is 7.90. The van der Waals surface area contributed by atoms with Crippen molar-refractivity contribution in [1.82, 2.24) is 4.98 Å². The number of primary amides is 1. The fourth-order valence-electron chi connectivity index (χ4n) is 1.74. The van der Waals surface area contributed by atoms with E-state index in [-0.39, 0.29) is 16.3 Å². The Morgan fingerprint density at radius 2 is 1.80 bits per heavy atom. The average molecular weight is 291 g/mol. The van der Waals surface area contributed by atoms with Gasteiger partial charge in [0.05, 0.1) is 22.5 Å². The second-order valence-corrected chi connectivity index (χ2v) is 6.19. The molecule has 0 aliphatic carbocycles. The van der Waals surface area contributed by atoms with Crippen LogP contribution >= 0.6 is 0 Å². The number of amides is 1. The molecule has 1 amide bonds. The predicted octanol–water partition coefficient (Wildman–Crippen LogP) is 0.737. The molecule has 104 valence electrons. The van der Waals surface area contributed by atoms with Gasteiger partial charge in [-0.05, 0) is 23.8 Å². The molecule has 0 atom stereocenters. The fraction of sp³-hybridized carbons (Fsp3) is 0.0769. The van der Waals surface area contributed by atoms with Crippen LogP contribution in [-0.2, 0) is 15.6 Å². The van der Waals surface area contributed by atoms with E-state index < -0.39 is 15.7 Å². The van der Waals surface area contributed by atoms with Crippen molar-refractivity contribution in [3.05, 3.63) is 53.9 Å². The van der Waals surface area contributed by atoms with Gasteiger partial charge in [-0.2, -0.15) is 0 Å². The fourth-order valence-corrected chi connectivity index (χ4v) is 3.21. The molecule has 1 heterocycles. The van der Waals surface area contributed by atoms with Gasteiger partial charge in [-0.3, -0.25) is 9.78 Å². The third-order valence-electron chi connectivity index (χ3n) is 2.74. The summed E-state index contributed by atoms with van der Waals surface area (Å²) in [5.41, 5.74) is 11.7. The number of rotatable bonds is 4. The third-order valence-corrected chi connectivity index (χ3v) is 4.50. The minimum atomic E-state index is -3.56. The summed E-state index contributed by atoms with van der Waals surface area (Å²) >= 11 is 0. The zero-order valence-corrected chi connectivity index (χ0v) is 11.3. The Kier molecular flexibility index (Phi) is 3.71. The van der Waals surface area contributed by atoms with Crippen LogP contribution in [0.3, 0.4) is 0 Å². The first-order chi connectivity index (χ1) is 9.40. The molecule has 0 fully saturated rings. The van der Waals surface area contributed by atoms with Crippen molar-refractivity contribution in [1.29, 1.82) is 0 Å². The number of carbonyl (C=O) groups is 1. The molecule has 4 N–H and O–H groups in total. The van der Waals surface area contributed by atoms with E-state index in [9.17, 15) is 13.2 Å². The summed E-state index contributed by atoms with van der Waals surface area (Å²) in [5.74, 6) is -0.766. The monoisotopic (exact) mass is 291 g/mol. The first kappa shape index (κ1) is 14.0. The topological polar surface area (TPSA) is 116 Å². The highest BCUT2D eigenvalue weighted by Gasteiger charge is 2.18. The van der Waals surface area contributed by atoms with Gasteiger partial charge in [-0.15, -0.1) is 0 Å². The largest absolute Gasteiger partial charge is 0.396 e. The van der Waals surface area contributed by atoms with Crippen molar-refractivity contribution in [2.45, 2.75) is 10.6 Å². The lowest BCUT2D eigenvalue weighted by Gasteiger charge is -2.07. The molecule has 0 radical (unpaired) electrons. The van der Waals surface area contributed by atoms with E-state index in [1.165, 1.54) is 30.6 Å². The molecule has 0 aliphatic heterocycles. The average Bonchev–Trinajstić information content (AvgIpc) is 2.39. The van der Waals surface area contributed by atoms with Gasteiger partial charge in [-0.1, -0.05) is 12.1 Å². The van der Waals surface area contributed by atoms with Crippen LogP contribution in [-0.4, -0.2) is 19.3 Å². The van der Waals surface area contributed by atoms with Crippen molar-refractivity contribution in [2.24, 2.45) is 5.73 Å². The second-order valence-electron chi connectivity index (χ2n) is 4.23. The van der Waals surface area contributed by atoms with Crippen LogP contribution in [0.5, 0.6) is 0 Å². The Labute approximate surface area is 116 Å². The van der Waals surface area contributed by atoms with Crippen LogP contribution in [0.2, 0.25) is 0 Å². The van der Waals surface area contributed by atoms with Gasteiger partial charge in [-0.25, -0.2) is 8.42 Å². The lowest BCUT2D eigenvalue weighted by molar-refractivity contribution is 0.100. The zero-order chi connectivity index (χ0) is 14.8. The zero-order valence-electron chi connectivity index (χ0n) is 10.5. The minimum Gasteiger partial charge on any atom is -0.396 e. The van der Waals surface area contributed by atoms with E-state index >= 15 is 0 Å². The standard InChI is InChI=1S/C13H13N3O3S/c14-11-7-16-6-5-12(11)20(18,19)8-9-1-3-10(4-2-9)13(15)17/h1-7H,8,14H2,(H2,15,17). The number of pyridine rings is 1. The highest BCUT2D eigenvalue weighted by Crippen LogP contribution is 2.21. The molecule has 0 saturated carbocycles. The van der Waals surface area contributed by atoms with Crippen LogP contribution in [0, 0.1) is 0 Å². The molecule has 0 saturated heterocycles. The summed E-state index contributed by atoms with van der Waals surface area (Å²) in [6, 6.07) is 7.44. The van der Waals surface area contributed by atoms with E-state index in [1.54, 1.807) is 12.1 Å². The van der Waals surface area contributed by atoms with Crippen LogP contribution in [0.4, 0.5) is 5.69 Å². The molecule has 0 spiro atoms. The Bertz CT molecular complexity index is 740. The van der Waals surface area contributed by atoms with E-state index in [1.807, 2.05) is 0 Å². The van der Waals surface area contributed by atoms with Crippen LogP contribution in [0.25, 0.3) is 0 Å². The molecule has 1 aromatic carbocycles. The number of sulfone groups is 1. The summed E-state index contributed by atoms with van der Waals surface area (Å²) in [7, 11) is -3.56. The van der Waals surface area contributed by atoms with Crippen molar-refractivity contribution in [3.8, 4) is 0 Å². The minimum absolute atomic E-state index is 0.0477. The summed E-state index contributed by atoms with van der Waals surface area (Å²) in [5, 5.41) is 0. The quantitative estimate of drug-likeness (QED) is 0.861. The molecule has 7 heteroatoms. The maximum absolute atomic E-state index is 12.2. The lowest BCUT2D eigenvalue weighted by Crippen LogP contribution is -2.11. The number of anilines is 1. The number of aromatic nitrogens is 1. The van der Waals surface area contributed by atoms with Crippen molar-refractivity contribution in [3.63, 3.8) is 0 Å². The predicted molar refractivity (Wildman–Crippen MR) is 74.5 cm³/mol. The number of hydrogen-bond donors (Lipinski definition) is 2. The van der Waals surface area contributed by atoms with Crippen LogP contribution < -0.4 is 11.5 Å². The molecular formula is C13H13N3O3S. The molecule has 0 aliphatic rings. The second kappa shape index (κ2) is 5.30. The lowest BCUT2D eigenvalue weighted by atomic mass is 10.1. The summed E-state index contributed by atoms with van der Waals surface area (Å²) in [6.07, 6.45) is 2.67. The maximum atomic E-state index is 12.2. The van der Waals surface area contributed by atoms with E-state index in [0.29, 0.717) is 11.1 Å². The van der Waals surface area contributed by atoms with Gasteiger partial charge < -0.3 is 11.5 Å². The number of carbonyl (C=O) groups excluding carboxylic acids is 1. The number of nitrogens with zero attached hydrogens (tertiary/aromatic N) is 1. The molecule has 0 unspecified atom stereocenters. The molecular weight excluding hydrogens is 278 g/mol. The van der Waals surface area contributed by atoms with Crippen molar-refractivity contribution in [2.75, 3.05) is 5.73 Å². The summed E-state index contributed by atoms with van der Waals surface area (Å²) in [6.45, 7) is 0. The summed E-state index contributed by atoms with van der Waals surface area (Å²) in [4.78, 5) is 14.7. The number of hydrogen-bond acceptors (Lipinski definition) is 5. The smallest absolute Gasteiger partial charge is 0.248 e. The van der Waals surface area contributed by atoms with E-state index in [2.05, 4.69) is 4.98 Å². The van der Waals surface area contributed by atoms with E-state index in [0.717, 1.165) is 0 Å². The number of nitrogens with two attached hydrogens (primary N) is 2. The maximum Gasteiger partial charge on any atom is 0.248 e. The van der Waals surface area contributed by atoms with Crippen molar-refractivity contribution < 1.29 is 13.2 Å². The molecule has 0 bridgehead atoms. The first-order valence-electron chi connectivity index (χ1n) is 5.71. The Balaban J connectivity index is 2.29. The van der Waals surface area contributed by atoms with Crippen LogP contribution in [0.15, 0.2) is 47.6 Å². The molecule has 2 rings (SSSR count). The summed E-state index contributed by atoms with van der Waals surface area (Å²) < 4.78 is 24.5. The SMILES string of the molecule is NC(=O)c1ccc(CS(=O)(=O)c2ccncc2N)cc1. The first-order valence-corrected chi connectivity index (χ1v) is 7.36. The Morgan fingerprint density at radius 3 is 2.35 bits per heavy atom. The normalized spacial score (nSPS) is 11.2. The van der Waals surface area contributed by atoms with Gasteiger partial charge >= 0.3 is 0 Å². The highest BCUT2D eigenvalue weighted by atomic mass is 32.2. The van der Waals surface area contributed by atoms with Gasteiger partial charge in [0, 0.05) is 11.8 Å². The molecule has 6 nitrogen and oxygen atoms in total. The van der Waals surface area contributed by atoms with Gasteiger partial charge in [0.1, 0.15) is 0 Å². The van der Waals surface area contributed by atoms with Gasteiger partial charge in [0.2, 0.25) is 5.91 Å².